The molecule has 2 heteroatoms. The Morgan fingerprint density at radius 1 is 0.783 bits per heavy atom. The summed E-state index contributed by atoms with van der Waals surface area (Å²) in [6, 6.07) is 24.3. The Morgan fingerprint density at radius 2 is 1.48 bits per heavy atom. The average molecular weight is 428 g/mol. The van der Waals surface area contributed by atoms with Gasteiger partial charge in [0.2, 0.25) is 0 Å². The molecule has 3 aromatic rings. The van der Waals surface area contributed by atoms with Gasteiger partial charge in [-0.15, -0.1) is 0 Å². The van der Waals surface area contributed by atoms with E-state index in [1.807, 2.05) is 11.8 Å². The van der Waals surface area contributed by atoms with Crippen molar-refractivity contribution in [3.8, 4) is 11.1 Å². The van der Waals surface area contributed by atoms with Crippen LogP contribution in [0.2, 0.25) is 0 Å². The second-order valence-electron chi connectivity index (χ2n) is 6.41. The maximum atomic E-state index is 2.41. The third kappa shape index (κ3) is 2.52. The van der Waals surface area contributed by atoms with Crippen LogP contribution >= 0.6 is 34.4 Å². The molecule has 114 valence electrons. The Balaban J connectivity index is 1.80. The summed E-state index contributed by atoms with van der Waals surface area (Å²) in [5.41, 5.74) is 5.74. The predicted octanol–water partition coefficient (Wildman–Crippen LogP) is 6.75. The van der Waals surface area contributed by atoms with Crippen LogP contribution in [0.5, 0.6) is 0 Å². The van der Waals surface area contributed by atoms with E-state index in [4.69, 9.17) is 0 Å². The molecule has 0 saturated heterocycles. The summed E-state index contributed by atoms with van der Waals surface area (Å²) in [5.74, 6) is 0. The molecule has 0 unspecified atom stereocenters. The third-order valence-corrected chi connectivity index (χ3v) is 6.99. The minimum absolute atomic E-state index is 0.0935. The predicted molar refractivity (Wildman–Crippen MR) is 107 cm³/mol. The van der Waals surface area contributed by atoms with E-state index < -0.39 is 0 Å². The van der Waals surface area contributed by atoms with Crippen molar-refractivity contribution in [2.45, 2.75) is 29.1 Å². The van der Waals surface area contributed by atoms with Crippen LogP contribution in [0, 0.1) is 3.57 Å². The number of hydrogen-bond acceptors (Lipinski definition) is 1. The van der Waals surface area contributed by atoms with E-state index in [1.54, 1.807) is 0 Å². The van der Waals surface area contributed by atoms with Crippen LogP contribution in [0.3, 0.4) is 0 Å². The van der Waals surface area contributed by atoms with Gasteiger partial charge in [-0.05, 0) is 69.1 Å². The van der Waals surface area contributed by atoms with Crippen molar-refractivity contribution in [2.75, 3.05) is 0 Å². The Morgan fingerprint density at radius 3 is 2.30 bits per heavy atom. The first-order valence-corrected chi connectivity index (χ1v) is 9.64. The molecule has 0 amide bonds. The monoisotopic (exact) mass is 428 g/mol. The minimum Gasteiger partial charge on any atom is -0.0890 e. The van der Waals surface area contributed by atoms with Crippen molar-refractivity contribution < 1.29 is 0 Å². The van der Waals surface area contributed by atoms with E-state index in [0.717, 1.165) is 0 Å². The van der Waals surface area contributed by atoms with Gasteiger partial charge in [-0.1, -0.05) is 68.1 Å². The minimum atomic E-state index is 0.0935. The highest BCUT2D eigenvalue weighted by molar-refractivity contribution is 14.1. The molecule has 0 radical (unpaired) electrons. The molecule has 0 aliphatic heterocycles. The smallest absolute Gasteiger partial charge is 0.0269 e. The van der Waals surface area contributed by atoms with Crippen molar-refractivity contribution in [2.24, 2.45) is 0 Å². The Bertz CT molecular complexity index is 896. The molecule has 0 saturated carbocycles. The number of fused-ring (bicyclic) bond motifs is 3. The van der Waals surface area contributed by atoms with E-state index in [0.29, 0.717) is 0 Å². The standard InChI is InChI=1S/C21H17IS/c1-21(2)17-8-4-3-7-15(17)16-13-14(11-12-18(16)21)23-20-10-6-5-9-19(20)22/h3-13H,1-2H3. The van der Waals surface area contributed by atoms with Crippen molar-refractivity contribution in [3.05, 3.63) is 81.4 Å². The van der Waals surface area contributed by atoms with Gasteiger partial charge in [0.25, 0.3) is 0 Å². The molecule has 3 aromatic carbocycles. The van der Waals surface area contributed by atoms with Crippen LogP contribution in [-0.4, -0.2) is 0 Å². The van der Waals surface area contributed by atoms with Gasteiger partial charge in [0.15, 0.2) is 0 Å². The summed E-state index contributed by atoms with van der Waals surface area (Å²) in [7, 11) is 0. The first kappa shape index (κ1) is 15.3. The fourth-order valence-electron chi connectivity index (χ4n) is 3.42. The molecule has 1 aliphatic rings. The molecule has 0 aromatic heterocycles. The highest BCUT2D eigenvalue weighted by atomic mass is 127. The molecule has 0 heterocycles. The zero-order valence-corrected chi connectivity index (χ0v) is 16.1. The van der Waals surface area contributed by atoms with Crippen LogP contribution in [0.4, 0.5) is 0 Å². The lowest BCUT2D eigenvalue weighted by Crippen LogP contribution is -2.14. The van der Waals surface area contributed by atoms with E-state index in [2.05, 4.69) is 103 Å². The van der Waals surface area contributed by atoms with Crippen LogP contribution in [0.15, 0.2) is 76.5 Å². The van der Waals surface area contributed by atoms with Gasteiger partial charge in [0, 0.05) is 18.8 Å². The maximum absolute atomic E-state index is 2.41. The summed E-state index contributed by atoms with van der Waals surface area (Å²) >= 11 is 4.26. The zero-order chi connectivity index (χ0) is 16.0. The van der Waals surface area contributed by atoms with Gasteiger partial charge in [0.1, 0.15) is 0 Å². The van der Waals surface area contributed by atoms with Gasteiger partial charge >= 0.3 is 0 Å². The van der Waals surface area contributed by atoms with E-state index in [9.17, 15) is 0 Å². The SMILES string of the molecule is CC1(C)c2ccccc2-c2cc(Sc3ccccc3I)ccc21. The molecule has 0 N–H and O–H groups in total. The summed E-state index contributed by atoms with van der Waals surface area (Å²) in [4.78, 5) is 2.62. The molecule has 0 fully saturated rings. The third-order valence-electron chi connectivity index (χ3n) is 4.62. The largest absolute Gasteiger partial charge is 0.0890 e. The molecular weight excluding hydrogens is 411 g/mol. The number of rotatable bonds is 2. The van der Waals surface area contributed by atoms with Crippen LogP contribution in [-0.2, 0) is 5.41 Å². The Hall–Kier alpha value is -1.26. The zero-order valence-electron chi connectivity index (χ0n) is 13.1. The van der Waals surface area contributed by atoms with Crippen LogP contribution in [0.1, 0.15) is 25.0 Å². The summed E-state index contributed by atoms with van der Waals surface area (Å²) < 4.78 is 1.30. The van der Waals surface area contributed by atoms with Gasteiger partial charge < -0.3 is 0 Å². The second-order valence-corrected chi connectivity index (χ2v) is 8.69. The average Bonchev–Trinajstić information content (AvgIpc) is 2.78. The number of benzene rings is 3. The fraction of sp³-hybridized carbons (Fsp3) is 0.143. The number of hydrogen-bond donors (Lipinski definition) is 0. The van der Waals surface area contributed by atoms with E-state index in [1.165, 1.54) is 35.6 Å². The van der Waals surface area contributed by atoms with Crippen molar-refractivity contribution >= 4 is 34.4 Å². The van der Waals surface area contributed by atoms with Gasteiger partial charge in [-0.3, -0.25) is 0 Å². The first-order chi connectivity index (χ1) is 11.1. The molecule has 0 atom stereocenters. The van der Waals surface area contributed by atoms with Crippen LogP contribution in [0.25, 0.3) is 11.1 Å². The maximum Gasteiger partial charge on any atom is 0.0269 e. The molecule has 0 bridgehead atoms. The van der Waals surface area contributed by atoms with E-state index in [-0.39, 0.29) is 5.41 Å². The molecule has 1 aliphatic carbocycles. The van der Waals surface area contributed by atoms with Crippen molar-refractivity contribution in [1.82, 2.24) is 0 Å². The molecular formula is C21H17IS. The highest BCUT2D eigenvalue weighted by Crippen LogP contribution is 2.49. The fourth-order valence-corrected chi connectivity index (χ4v) is 5.01. The summed E-state index contributed by atoms with van der Waals surface area (Å²) in [6.45, 7) is 4.65. The first-order valence-electron chi connectivity index (χ1n) is 7.74. The van der Waals surface area contributed by atoms with E-state index >= 15 is 0 Å². The Labute approximate surface area is 155 Å². The van der Waals surface area contributed by atoms with Crippen molar-refractivity contribution in [1.29, 1.82) is 0 Å². The lowest BCUT2D eigenvalue weighted by atomic mass is 9.82. The van der Waals surface area contributed by atoms with Crippen molar-refractivity contribution in [3.63, 3.8) is 0 Å². The highest BCUT2D eigenvalue weighted by Gasteiger charge is 2.34. The van der Waals surface area contributed by atoms with Gasteiger partial charge in [0.05, 0.1) is 0 Å². The second kappa shape index (κ2) is 5.67. The van der Waals surface area contributed by atoms with Gasteiger partial charge in [-0.25, -0.2) is 0 Å². The lowest BCUT2D eigenvalue weighted by Gasteiger charge is -2.21. The Kier molecular flexibility index (Phi) is 3.77. The molecule has 4 rings (SSSR count). The quantitative estimate of drug-likeness (QED) is 0.407. The molecule has 0 spiro atoms. The molecule has 23 heavy (non-hydrogen) atoms. The molecule has 0 nitrogen and oxygen atoms in total. The number of halogens is 1. The van der Waals surface area contributed by atoms with Gasteiger partial charge in [-0.2, -0.15) is 0 Å². The van der Waals surface area contributed by atoms with Crippen LogP contribution < -0.4 is 0 Å². The topological polar surface area (TPSA) is 0 Å². The lowest BCUT2D eigenvalue weighted by molar-refractivity contribution is 0.660. The summed E-state index contributed by atoms with van der Waals surface area (Å²) in [6.07, 6.45) is 0. The normalized spacial score (nSPS) is 14.4. The summed E-state index contributed by atoms with van der Waals surface area (Å²) in [5, 5.41) is 0.